The monoisotopic (exact) mass is 536 g/mol. The molecule has 1 spiro atoms. The lowest BCUT2D eigenvalue weighted by atomic mass is 10.1. The Morgan fingerprint density at radius 1 is 1.08 bits per heavy atom. The van der Waals surface area contributed by atoms with Crippen molar-refractivity contribution in [1.29, 1.82) is 0 Å². The van der Waals surface area contributed by atoms with E-state index in [4.69, 9.17) is 4.74 Å². The molecule has 6 rings (SSSR count). The van der Waals surface area contributed by atoms with E-state index in [1.165, 1.54) is 13.0 Å². The lowest BCUT2D eigenvalue weighted by Gasteiger charge is -2.35. The maximum Gasteiger partial charge on any atom is 0.266 e. The van der Waals surface area contributed by atoms with Crippen LogP contribution in [0.15, 0.2) is 47.4 Å². The molecule has 3 aliphatic rings. The van der Waals surface area contributed by atoms with Gasteiger partial charge in [0.1, 0.15) is 6.54 Å². The van der Waals surface area contributed by atoms with Crippen LogP contribution in [0.2, 0.25) is 0 Å². The predicted molar refractivity (Wildman–Crippen MR) is 144 cm³/mol. The molecule has 2 aromatic carbocycles. The number of carbonyl (C=O) groups excluding carboxylic acids is 2. The molecule has 9 nitrogen and oxygen atoms in total. The van der Waals surface area contributed by atoms with Crippen LogP contribution in [0.1, 0.15) is 31.7 Å². The van der Waals surface area contributed by atoms with E-state index >= 15 is 0 Å². The van der Waals surface area contributed by atoms with E-state index < -0.39 is 22.5 Å². The fourth-order valence-corrected chi connectivity index (χ4v) is 6.71. The number of nitrogens with zero attached hydrogens (tertiary/aromatic N) is 3. The summed E-state index contributed by atoms with van der Waals surface area (Å²) in [5.41, 5.74) is 4.30. The van der Waals surface area contributed by atoms with Gasteiger partial charge in [0.2, 0.25) is 11.8 Å². The first-order valence-corrected chi connectivity index (χ1v) is 14.5. The fraction of sp³-hybridized carbons (Fsp3) is 0.429. The van der Waals surface area contributed by atoms with Crippen LogP contribution in [0.3, 0.4) is 0 Å². The highest BCUT2D eigenvalue weighted by molar-refractivity contribution is 7.89. The number of amides is 2. The van der Waals surface area contributed by atoms with Crippen molar-refractivity contribution < 1.29 is 22.7 Å². The van der Waals surface area contributed by atoms with Crippen LogP contribution >= 0.6 is 0 Å². The van der Waals surface area contributed by atoms with Crippen LogP contribution in [0.4, 0.5) is 5.69 Å². The highest BCUT2D eigenvalue weighted by Crippen LogP contribution is 2.42. The minimum absolute atomic E-state index is 0.0183. The summed E-state index contributed by atoms with van der Waals surface area (Å²) in [4.78, 5) is 33.0. The smallest absolute Gasteiger partial charge is 0.266 e. The molecule has 2 aliphatic heterocycles. The van der Waals surface area contributed by atoms with Gasteiger partial charge in [0, 0.05) is 61.0 Å². The molecule has 1 saturated carbocycles. The number of nitrogens with one attached hydrogen (secondary N) is 1. The summed E-state index contributed by atoms with van der Waals surface area (Å²) in [7, 11) is -4.27. The summed E-state index contributed by atoms with van der Waals surface area (Å²) < 4.78 is 34.0. The van der Waals surface area contributed by atoms with E-state index in [0.29, 0.717) is 24.0 Å². The molecule has 1 N–H and O–H groups in total. The average molecular weight is 537 g/mol. The van der Waals surface area contributed by atoms with Gasteiger partial charge in [-0.3, -0.25) is 9.59 Å². The Morgan fingerprint density at radius 3 is 2.55 bits per heavy atom. The van der Waals surface area contributed by atoms with Crippen molar-refractivity contribution in [3.8, 4) is 11.3 Å². The topological polar surface area (TPSA) is 103 Å². The molecule has 1 aliphatic carbocycles. The van der Waals surface area contributed by atoms with Crippen molar-refractivity contribution in [2.45, 2.75) is 43.6 Å². The van der Waals surface area contributed by atoms with Gasteiger partial charge < -0.3 is 19.5 Å². The molecule has 0 bridgehead atoms. The number of H-pyrrole nitrogens is 1. The molecular formula is C28H32N4O5S. The molecule has 3 heterocycles. The van der Waals surface area contributed by atoms with Crippen molar-refractivity contribution in [3.05, 3.63) is 48.0 Å². The third kappa shape index (κ3) is 4.45. The molecular weight excluding hydrogens is 504 g/mol. The zero-order valence-corrected chi connectivity index (χ0v) is 22.5. The summed E-state index contributed by atoms with van der Waals surface area (Å²) in [5.74, 6) is -1.08. The number of fused-ring (bicyclic) bond motifs is 1. The highest BCUT2D eigenvalue weighted by Gasteiger charge is 2.48. The molecule has 0 radical (unpaired) electrons. The molecule has 2 amide bonds. The maximum atomic E-state index is 13.8. The minimum atomic E-state index is -4.27. The zero-order chi connectivity index (χ0) is 26.7. The Bertz CT molecular complexity index is 1540. The molecule has 2 saturated heterocycles. The number of rotatable bonds is 6. The average Bonchev–Trinajstić information content (AvgIpc) is 3.45. The minimum Gasteiger partial charge on any atom is -0.371 e. The first-order valence-electron chi connectivity index (χ1n) is 13.1. The van der Waals surface area contributed by atoms with E-state index in [1.54, 1.807) is 17.0 Å². The second-order valence-electron chi connectivity index (χ2n) is 10.7. The lowest BCUT2D eigenvalue weighted by molar-refractivity contribution is -0.143. The summed E-state index contributed by atoms with van der Waals surface area (Å²) in [6, 6.07) is 13.1. The lowest BCUT2D eigenvalue weighted by Crippen LogP contribution is -2.51. The predicted octanol–water partition coefficient (Wildman–Crippen LogP) is 3.28. The number of sulfonamides is 1. The van der Waals surface area contributed by atoms with Gasteiger partial charge >= 0.3 is 0 Å². The maximum absolute atomic E-state index is 13.8. The van der Waals surface area contributed by atoms with Crippen molar-refractivity contribution in [2.75, 3.05) is 44.2 Å². The Kier molecular flexibility index (Phi) is 5.99. The number of morpholine rings is 1. The van der Waals surface area contributed by atoms with E-state index in [0.717, 1.165) is 65.8 Å². The Morgan fingerprint density at radius 2 is 1.87 bits per heavy atom. The molecule has 10 heteroatoms. The van der Waals surface area contributed by atoms with Gasteiger partial charge in [0.25, 0.3) is 10.0 Å². The van der Waals surface area contributed by atoms with Gasteiger partial charge in [0.15, 0.2) is 0 Å². The normalized spacial score (nSPS) is 18.5. The number of aromatic amines is 1. The van der Waals surface area contributed by atoms with Gasteiger partial charge in [-0.15, -0.1) is 0 Å². The second-order valence-corrected chi connectivity index (χ2v) is 12.5. The molecule has 3 fully saturated rings. The number of aryl methyl sites for hydroxylation is 1. The van der Waals surface area contributed by atoms with E-state index in [-0.39, 0.29) is 16.4 Å². The third-order valence-corrected chi connectivity index (χ3v) is 9.68. The van der Waals surface area contributed by atoms with Gasteiger partial charge in [-0.1, -0.05) is 12.1 Å². The van der Waals surface area contributed by atoms with Crippen molar-refractivity contribution in [3.63, 3.8) is 0 Å². The summed E-state index contributed by atoms with van der Waals surface area (Å²) in [5, 5.41) is 1.03. The Labute approximate surface area is 222 Å². The number of benzene rings is 2. The zero-order valence-electron chi connectivity index (χ0n) is 21.7. The van der Waals surface area contributed by atoms with Crippen LogP contribution < -0.4 is 4.90 Å². The van der Waals surface area contributed by atoms with Gasteiger partial charge in [0.05, 0.1) is 17.1 Å². The summed E-state index contributed by atoms with van der Waals surface area (Å²) in [6.45, 7) is 5.72. The van der Waals surface area contributed by atoms with Crippen LogP contribution in [0, 0.1) is 6.92 Å². The Hall–Kier alpha value is -3.37. The first-order chi connectivity index (χ1) is 18.1. The summed E-state index contributed by atoms with van der Waals surface area (Å²) >= 11 is 0. The van der Waals surface area contributed by atoms with E-state index in [2.05, 4.69) is 16.0 Å². The molecule has 38 heavy (non-hydrogen) atoms. The third-order valence-electron chi connectivity index (χ3n) is 7.86. The van der Waals surface area contributed by atoms with Crippen LogP contribution in [0.5, 0.6) is 0 Å². The highest BCUT2D eigenvalue weighted by atomic mass is 32.2. The first kappa shape index (κ1) is 24.9. The van der Waals surface area contributed by atoms with Crippen LogP contribution in [-0.4, -0.2) is 79.4 Å². The quantitative estimate of drug-likeness (QED) is 0.519. The standard InChI is InChI=1S/C28H32N4O5S/c1-19-4-5-21-15-25(29-24(21)14-19)23-16-22(6-7-26(23)30-10-3-11-30)38(35,36)32(20(2)33)17-27(34)31-12-13-37-28(18-31)8-9-28/h4-7,14-16,29H,3,8-13,17-18H2,1-2H3. The molecule has 1 aromatic heterocycles. The summed E-state index contributed by atoms with van der Waals surface area (Å²) in [6.07, 6.45) is 2.87. The fourth-order valence-electron chi connectivity index (χ4n) is 5.33. The Balaban J connectivity index is 1.34. The number of ether oxygens (including phenoxy) is 1. The molecule has 0 unspecified atom stereocenters. The molecule has 3 aromatic rings. The number of aromatic nitrogens is 1. The SMILES string of the molecule is CC(=O)N(CC(=O)N1CCOC2(CC2)C1)S(=O)(=O)c1ccc(N2CCC2)c(-c2cc3ccc(C)cc3[nH]2)c1. The van der Waals surface area contributed by atoms with Crippen LogP contribution in [-0.2, 0) is 24.3 Å². The van der Waals surface area contributed by atoms with Crippen molar-refractivity contribution in [1.82, 2.24) is 14.2 Å². The molecule has 200 valence electrons. The van der Waals surface area contributed by atoms with Crippen LogP contribution in [0.25, 0.3) is 22.2 Å². The van der Waals surface area contributed by atoms with E-state index in [1.807, 2.05) is 25.1 Å². The number of hydrogen-bond acceptors (Lipinski definition) is 6. The van der Waals surface area contributed by atoms with Gasteiger partial charge in [-0.05, 0) is 62.1 Å². The number of carbonyl (C=O) groups is 2. The largest absolute Gasteiger partial charge is 0.371 e. The van der Waals surface area contributed by atoms with Gasteiger partial charge in [-0.25, -0.2) is 12.7 Å². The second kappa shape index (κ2) is 9.13. The van der Waals surface area contributed by atoms with E-state index in [9.17, 15) is 18.0 Å². The van der Waals surface area contributed by atoms with Gasteiger partial charge in [-0.2, -0.15) is 0 Å². The van der Waals surface area contributed by atoms with Crippen molar-refractivity contribution >= 4 is 38.4 Å². The number of hydrogen-bond donors (Lipinski definition) is 1. The van der Waals surface area contributed by atoms with Crippen molar-refractivity contribution in [2.24, 2.45) is 0 Å². The number of anilines is 1. The molecule has 0 atom stereocenters.